The Morgan fingerprint density at radius 2 is 1.45 bits per heavy atom. The summed E-state index contributed by atoms with van der Waals surface area (Å²) >= 11 is 0. The van der Waals surface area contributed by atoms with Crippen molar-refractivity contribution in [2.45, 2.75) is 37.8 Å². The van der Waals surface area contributed by atoms with Gasteiger partial charge in [0.1, 0.15) is 28.9 Å². The van der Waals surface area contributed by atoms with E-state index in [9.17, 15) is 49.5 Å². The fourth-order valence-electron chi connectivity index (χ4n) is 4.40. The summed E-state index contributed by atoms with van der Waals surface area (Å²) in [5.41, 5.74) is -6.23. The second kappa shape index (κ2) is 11.4. The molecule has 16 heteroatoms. The molecule has 0 bridgehead atoms. The Hall–Kier alpha value is -4.76. The number of fused-ring (bicyclic) bond motifs is 1. The summed E-state index contributed by atoms with van der Waals surface area (Å²) in [4.78, 5) is 44.8. The number of pyridine rings is 1. The van der Waals surface area contributed by atoms with Crippen molar-refractivity contribution in [2.24, 2.45) is 0 Å². The molecule has 0 saturated heterocycles. The summed E-state index contributed by atoms with van der Waals surface area (Å²) in [6.07, 6.45) is -9.60. The smallest absolute Gasteiger partial charge is 0.341 e. The van der Waals surface area contributed by atoms with Crippen LogP contribution in [0.3, 0.4) is 0 Å². The molecule has 0 saturated carbocycles. The number of rotatable bonds is 5. The highest BCUT2D eigenvalue weighted by Crippen LogP contribution is 2.43. The van der Waals surface area contributed by atoms with Crippen molar-refractivity contribution < 1.29 is 49.5 Å². The molecule has 1 unspecified atom stereocenters. The number of likely N-dealkylation sites (N-methyl/N-ethyl adjacent to an activating group) is 1. The van der Waals surface area contributed by atoms with Gasteiger partial charge in [-0.2, -0.15) is 26.3 Å². The highest BCUT2D eigenvalue weighted by Gasteiger charge is 2.41. The monoisotopic (exact) mass is 629 g/mol. The van der Waals surface area contributed by atoms with Gasteiger partial charge >= 0.3 is 12.4 Å². The second-order valence-electron chi connectivity index (χ2n) is 10.4. The van der Waals surface area contributed by atoms with Crippen molar-refractivity contribution in [1.82, 2.24) is 15.6 Å². The minimum Gasteiger partial charge on any atom is -0.341 e. The first-order valence-corrected chi connectivity index (χ1v) is 12.7. The van der Waals surface area contributed by atoms with Crippen molar-refractivity contribution >= 4 is 34.8 Å². The number of amides is 3. The first-order chi connectivity index (χ1) is 20.3. The summed E-state index contributed by atoms with van der Waals surface area (Å²) in [5.74, 6) is -4.33. The zero-order valence-corrected chi connectivity index (χ0v) is 23.1. The summed E-state index contributed by atoms with van der Waals surface area (Å²) in [6, 6.07) is 4.06. The van der Waals surface area contributed by atoms with Crippen molar-refractivity contribution in [2.75, 3.05) is 23.4 Å². The molecule has 4 rings (SSSR count). The predicted octanol–water partition coefficient (Wildman–Crippen LogP) is 5.21. The highest BCUT2D eigenvalue weighted by atomic mass is 19.4. The molecule has 0 aliphatic carbocycles. The number of halogens is 8. The van der Waals surface area contributed by atoms with E-state index in [0.717, 1.165) is 46.3 Å². The number of nitrogens with zero attached hydrogens (tertiary/aromatic N) is 3. The summed E-state index contributed by atoms with van der Waals surface area (Å²) < 4.78 is 109. The van der Waals surface area contributed by atoms with Crippen LogP contribution in [0.15, 0.2) is 54.7 Å². The van der Waals surface area contributed by atoms with E-state index >= 15 is 0 Å². The largest absolute Gasteiger partial charge is 0.416 e. The minimum atomic E-state index is -5.19. The Morgan fingerprint density at radius 1 is 0.864 bits per heavy atom. The fourth-order valence-corrected chi connectivity index (χ4v) is 4.40. The predicted molar refractivity (Wildman–Crippen MR) is 141 cm³/mol. The molecule has 0 fully saturated rings. The molecule has 3 amide bonds. The van der Waals surface area contributed by atoms with E-state index in [1.54, 1.807) is 0 Å². The van der Waals surface area contributed by atoms with Crippen LogP contribution in [0, 0.1) is 11.6 Å². The van der Waals surface area contributed by atoms with E-state index in [4.69, 9.17) is 0 Å². The average molecular weight is 630 g/mol. The van der Waals surface area contributed by atoms with Crippen molar-refractivity contribution in [1.29, 1.82) is 0 Å². The molecule has 2 heterocycles. The molecule has 1 aliphatic heterocycles. The molecule has 44 heavy (non-hydrogen) atoms. The number of hydrogen-bond acceptors (Lipinski definition) is 5. The third-order valence-electron chi connectivity index (χ3n) is 6.73. The summed E-state index contributed by atoms with van der Waals surface area (Å²) in [5, 5.41) is 4.74. The van der Waals surface area contributed by atoms with Gasteiger partial charge in [0, 0.05) is 12.7 Å². The number of benzene rings is 2. The average Bonchev–Trinajstić information content (AvgIpc) is 3.02. The molecule has 2 aromatic carbocycles. The van der Waals surface area contributed by atoms with Crippen LogP contribution >= 0.6 is 0 Å². The van der Waals surface area contributed by atoms with Crippen LogP contribution in [0.1, 0.15) is 35.5 Å². The lowest BCUT2D eigenvalue weighted by atomic mass is 10.0. The van der Waals surface area contributed by atoms with Crippen molar-refractivity contribution in [3.63, 3.8) is 0 Å². The third-order valence-corrected chi connectivity index (χ3v) is 6.73. The van der Waals surface area contributed by atoms with Crippen LogP contribution in [-0.4, -0.2) is 47.9 Å². The van der Waals surface area contributed by atoms with Crippen molar-refractivity contribution in [3.8, 4) is 0 Å². The van der Waals surface area contributed by atoms with E-state index in [-0.39, 0.29) is 23.1 Å². The first-order valence-electron chi connectivity index (χ1n) is 12.7. The second-order valence-corrected chi connectivity index (χ2v) is 10.4. The molecule has 0 spiro atoms. The van der Waals surface area contributed by atoms with Gasteiger partial charge in [0.15, 0.2) is 0 Å². The maximum atomic E-state index is 14.3. The number of carbonyl (C=O) groups is 3. The molecule has 1 atom stereocenters. The van der Waals surface area contributed by atoms with Crippen LogP contribution in [-0.2, 0) is 21.9 Å². The Labute approximate surface area is 244 Å². The lowest BCUT2D eigenvalue weighted by Crippen LogP contribution is -2.60. The number of nitrogens with one attached hydrogen (secondary N) is 2. The Balaban J connectivity index is 1.74. The van der Waals surface area contributed by atoms with Gasteiger partial charge in [0.05, 0.1) is 35.2 Å². The molecular weight excluding hydrogens is 606 g/mol. The standard InChI is InChI=1S/C28H23F8N5O3/c1-26(2,39-23(42)19-6-4-17(30)12-37-19)25(44)38-20-13-41(21-7-5-16(29)11-22(21)40(3)24(20)43)18-9-14(27(31,32)33)8-15(10-18)28(34,35)36/h4-12,20H,13H2,1-3H3,(H,38,44)(H,39,42). The third kappa shape index (κ3) is 6.73. The van der Waals surface area contributed by atoms with Gasteiger partial charge in [-0.15, -0.1) is 0 Å². The van der Waals surface area contributed by atoms with Crippen LogP contribution < -0.4 is 20.4 Å². The van der Waals surface area contributed by atoms with Gasteiger partial charge < -0.3 is 20.4 Å². The van der Waals surface area contributed by atoms with E-state index in [1.165, 1.54) is 20.9 Å². The van der Waals surface area contributed by atoms with Gasteiger partial charge in [-0.25, -0.2) is 13.8 Å². The van der Waals surface area contributed by atoms with Gasteiger partial charge in [-0.3, -0.25) is 14.4 Å². The van der Waals surface area contributed by atoms with E-state index in [2.05, 4.69) is 15.6 Å². The lowest BCUT2D eigenvalue weighted by molar-refractivity contribution is -0.143. The first kappa shape index (κ1) is 32.2. The number of anilines is 3. The summed E-state index contributed by atoms with van der Waals surface area (Å²) in [7, 11) is 1.18. The van der Waals surface area contributed by atoms with Crippen LogP contribution in [0.2, 0.25) is 0 Å². The van der Waals surface area contributed by atoms with Crippen molar-refractivity contribution in [3.05, 3.63) is 83.2 Å². The minimum absolute atomic E-state index is 0.0649. The zero-order valence-electron chi connectivity index (χ0n) is 23.1. The van der Waals surface area contributed by atoms with E-state index in [0.29, 0.717) is 12.1 Å². The lowest BCUT2D eigenvalue weighted by Gasteiger charge is -2.31. The number of hydrogen-bond donors (Lipinski definition) is 2. The maximum Gasteiger partial charge on any atom is 0.416 e. The van der Waals surface area contributed by atoms with Gasteiger partial charge in [0.2, 0.25) is 5.91 Å². The van der Waals surface area contributed by atoms with E-state index < -0.39 is 76.6 Å². The number of aromatic nitrogens is 1. The van der Waals surface area contributed by atoms with Gasteiger partial charge in [0.25, 0.3) is 11.8 Å². The SMILES string of the molecule is CN1C(=O)C(NC(=O)C(C)(C)NC(=O)c2ccc(F)cn2)CN(c2cc(C(F)(F)F)cc(C(F)(F)F)c2)c2ccc(F)cc21. The molecule has 1 aliphatic rings. The number of carbonyl (C=O) groups excluding carboxylic acids is 3. The molecular formula is C28H23F8N5O3. The van der Waals surface area contributed by atoms with Crippen LogP contribution in [0.5, 0.6) is 0 Å². The zero-order chi connectivity index (χ0) is 32.8. The maximum absolute atomic E-state index is 14.3. The topological polar surface area (TPSA) is 94.6 Å². The number of alkyl halides is 6. The van der Waals surface area contributed by atoms with Crippen LogP contribution in [0.25, 0.3) is 0 Å². The normalized spacial score (nSPS) is 15.9. The molecule has 0 radical (unpaired) electrons. The Kier molecular flexibility index (Phi) is 8.32. The Bertz CT molecular complexity index is 1570. The molecule has 8 nitrogen and oxygen atoms in total. The highest BCUT2D eigenvalue weighted by molar-refractivity contribution is 6.05. The molecule has 1 aromatic heterocycles. The molecule has 2 N–H and O–H groups in total. The van der Waals surface area contributed by atoms with Gasteiger partial charge in [-0.05, 0) is 62.4 Å². The van der Waals surface area contributed by atoms with Gasteiger partial charge in [-0.1, -0.05) is 0 Å². The summed E-state index contributed by atoms with van der Waals surface area (Å²) in [6.45, 7) is 1.81. The fraction of sp³-hybridized carbons (Fsp3) is 0.286. The molecule has 3 aromatic rings. The van der Waals surface area contributed by atoms with Crippen LogP contribution in [0.4, 0.5) is 52.2 Å². The Morgan fingerprint density at radius 3 is 2.00 bits per heavy atom. The molecule has 234 valence electrons. The van der Waals surface area contributed by atoms with E-state index in [1.807, 2.05) is 0 Å². The quantitative estimate of drug-likeness (QED) is 0.379.